The minimum absolute atomic E-state index is 0.865. The third-order valence-electron chi connectivity index (χ3n) is 2.96. The van der Waals surface area contributed by atoms with Crippen molar-refractivity contribution in [3.8, 4) is 16.3 Å². The number of hydrogen-bond acceptors (Lipinski definition) is 5. The van der Waals surface area contributed by atoms with Gasteiger partial charge in [0.25, 0.3) is 0 Å². The lowest BCUT2D eigenvalue weighted by atomic mass is 10.2. The monoisotopic (exact) mass is 317 g/mol. The highest BCUT2D eigenvalue weighted by Gasteiger charge is 2.06. The van der Waals surface area contributed by atoms with E-state index in [2.05, 4.69) is 10.4 Å². The van der Waals surface area contributed by atoms with Crippen molar-refractivity contribution in [3.63, 3.8) is 0 Å². The van der Waals surface area contributed by atoms with Crippen molar-refractivity contribution in [2.75, 3.05) is 7.11 Å². The van der Waals surface area contributed by atoms with Crippen molar-refractivity contribution >= 4 is 23.1 Å². The summed E-state index contributed by atoms with van der Waals surface area (Å²) in [6.45, 7) is 0. The van der Waals surface area contributed by atoms with E-state index in [4.69, 9.17) is 9.15 Å². The highest BCUT2D eigenvalue weighted by Crippen LogP contribution is 2.27. The van der Waals surface area contributed by atoms with Crippen molar-refractivity contribution in [1.82, 2.24) is 4.98 Å². The van der Waals surface area contributed by atoms with Crippen LogP contribution in [0.5, 0.6) is 5.75 Å². The Morgan fingerprint density at radius 1 is 1.19 bits per heavy atom. The molecule has 0 atom stereocenters. The van der Waals surface area contributed by atoms with Gasteiger partial charge < -0.3 is 9.15 Å². The molecule has 3 aromatic rings. The van der Waals surface area contributed by atoms with Gasteiger partial charge in [-0.25, -0.2) is 4.98 Å². The predicted molar refractivity (Wildman–Crippen MR) is 87.8 cm³/mol. The van der Waals surface area contributed by atoms with Gasteiger partial charge in [-0.3, -0.25) is 0 Å². The minimum Gasteiger partial charge on any atom is -0.497 e. The fourth-order valence-corrected chi connectivity index (χ4v) is 3.65. The van der Waals surface area contributed by atoms with Gasteiger partial charge >= 0.3 is 0 Å². The summed E-state index contributed by atoms with van der Waals surface area (Å²) >= 11 is 3.48. The molecule has 0 saturated heterocycles. The maximum Gasteiger partial charge on any atom is 0.123 e. The molecule has 0 aliphatic rings. The topological polar surface area (TPSA) is 35.3 Å². The van der Waals surface area contributed by atoms with Crippen LogP contribution in [0.3, 0.4) is 0 Å². The van der Waals surface area contributed by atoms with Gasteiger partial charge in [0.1, 0.15) is 16.5 Å². The second kappa shape index (κ2) is 6.83. The van der Waals surface area contributed by atoms with E-state index >= 15 is 0 Å². The number of thiazole rings is 1. The van der Waals surface area contributed by atoms with E-state index < -0.39 is 0 Å². The highest BCUT2D eigenvalue weighted by atomic mass is 32.2. The molecule has 21 heavy (non-hydrogen) atoms. The summed E-state index contributed by atoms with van der Waals surface area (Å²) in [7, 11) is 1.67. The summed E-state index contributed by atoms with van der Waals surface area (Å²) in [6.07, 6.45) is 1.71. The molecular weight excluding hydrogens is 302 g/mol. The van der Waals surface area contributed by atoms with Gasteiger partial charge in [0, 0.05) is 16.7 Å². The molecule has 0 unspecified atom stereocenters. The molecule has 0 radical (unpaired) electrons. The van der Waals surface area contributed by atoms with Crippen LogP contribution in [0.15, 0.2) is 52.5 Å². The summed E-state index contributed by atoms with van der Waals surface area (Å²) in [5.74, 6) is 3.64. The van der Waals surface area contributed by atoms with Gasteiger partial charge in [-0.05, 0) is 36.4 Å². The number of methoxy groups -OCH3 is 1. The highest BCUT2D eigenvalue weighted by molar-refractivity contribution is 7.97. The van der Waals surface area contributed by atoms with E-state index in [1.807, 2.05) is 48.2 Å². The van der Waals surface area contributed by atoms with E-state index in [-0.39, 0.29) is 0 Å². The molecule has 0 amide bonds. The second-order valence-electron chi connectivity index (χ2n) is 4.44. The first kappa shape index (κ1) is 14.2. The van der Waals surface area contributed by atoms with Crippen LogP contribution in [0.25, 0.3) is 10.6 Å². The second-order valence-corrected chi connectivity index (χ2v) is 6.29. The van der Waals surface area contributed by atoms with Crippen LogP contribution in [-0.2, 0) is 11.5 Å². The van der Waals surface area contributed by atoms with Crippen LogP contribution in [0.4, 0.5) is 0 Å². The third-order valence-corrected chi connectivity index (χ3v) is 4.89. The normalized spacial score (nSPS) is 10.7. The Kier molecular flexibility index (Phi) is 4.62. The lowest BCUT2D eigenvalue weighted by Crippen LogP contribution is -1.84. The van der Waals surface area contributed by atoms with Crippen LogP contribution in [-0.4, -0.2) is 12.1 Å². The van der Waals surface area contributed by atoms with Crippen molar-refractivity contribution in [2.24, 2.45) is 0 Å². The SMILES string of the molecule is COc1ccc(-c2nc(CSCc3ccco3)cs2)cc1. The first-order valence-electron chi connectivity index (χ1n) is 6.54. The molecule has 3 nitrogen and oxygen atoms in total. The zero-order valence-corrected chi connectivity index (χ0v) is 13.2. The predicted octanol–water partition coefficient (Wildman–Crippen LogP) is 4.85. The summed E-state index contributed by atoms with van der Waals surface area (Å²) in [5.41, 5.74) is 2.24. The number of rotatable bonds is 6. The lowest BCUT2D eigenvalue weighted by Gasteiger charge is -2.00. The van der Waals surface area contributed by atoms with Crippen LogP contribution in [0, 0.1) is 0 Å². The van der Waals surface area contributed by atoms with Crippen molar-refractivity contribution < 1.29 is 9.15 Å². The molecule has 0 saturated carbocycles. The van der Waals surface area contributed by atoms with E-state index in [1.54, 1.807) is 24.7 Å². The fourth-order valence-electron chi connectivity index (χ4n) is 1.89. The molecule has 0 aliphatic carbocycles. The maximum atomic E-state index is 5.32. The van der Waals surface area contributed by atoms with E-state index in [0.29, 0.717) is 0 Å². The molecule has 3 rings (SSSR count). The molecule has 5 heteroatoms. The Bertz CT molecular complexity index is 675. The van der Waals surface area contributed by atoms with E-state index in [9.17, 15) is 0 Å². The number of nitrogens with zero attached hydrogens (tertiary/aromatic N) is 1. The number of benzene rings is 1. The Morgan fingerprint density at radius 3 is 2.76 bits per heavy atom. The molecular formula is C16H15NO2S2. The van der Waals surface area contributed by atoms with E-state index in [0.717, 1.165) is 39.3 Å². The van der Waals surface area contributed by atoms with Crippen LogP contribution < -0.4 is 4.74 Å². The minimum atomic E-state index is 0.865. The number of thioether (sulfide) groups is 1. The number of furan rings is 1. The van der Waals surface area contributed by atoms with E-state index in [1.165, 1.54) is 0 Å². The van der Waals surface area contributed by atoms with Crippen LogP contribution >= 0.6 is 23.1 Å². The Morgan fingerprint density at radius 2 is 2.05 bits per heavy atom. The molecule has 108 valence electrons. The summed E-state index contributed by atoms with van der Waals surface area (Å²) in [5, 5.41) is 3.17. The molecule has 2 aromatic heterocycles. The summed E-state index contributed by atoms with van der Waals surface area (Å²) < 4.78 is 10.5. The first-order chi connectivity index (χ1) is 10.3. The van der Waals surface area contributed by atoms with Gasteiger partial charge in [0.15, 0.2) is 0 Å². The van der Waals surface area contributed by atoms with Crippen LogP contribution in [0.1, 0.15) is 11.5 Å². The Hall–Kier alpha value is -1.72. The van der Waals surface area contributed by atoms with Gasteiger partial charge in [-0.15, -0.1) is 23.1 Å². The van der Waals surface area contributed by atoms with Gasteiger partial charge in [-0.1, -0.05) is 0 Å². The van der Waals surface area contributed by atoms with Gasteiger partial charge in [0.2, 0.25) is 0 Å². The zero-order valence-electron chi connectivity index (χ0n) is 11.6. The molecule has 0 spiro atoms. The Labute approximate surface area is 132 Å². The third kappa shape index (κ3) is 3.68. The quantitative estimate of drug-likeness (QED) is 0.651. The molecule has 0 fully saturated rings. The summed E-state index contributed by atoms with van der Waals surface area (Å²) in [6, 6.07) is 11.9. The number of ether oxygens (including phenoxy) is 1. The molecule has 0 bridgehead atoms. The summed E-state index contributed by atoms with van der Waals surface area (Å²) in [4.78, 5) is 4.68. The molecule has 2 heterocycles. The average Bonchev–Trinajstić information content (AvgIpc) is 3.19. The molecule has 0 N–H and O–H groups in total. The maximum absolute atomic E-state index is 5.32. The lowest BCUT2D eigenvalue weighted by molar-refractivity contribution is 0.415. The molecule has 0 aliphatic heterocycles. The first-order valence-corrected chi connectivity index (χ1v) is 8.57. The van der Waals surface area contributed by atoms with Crippen molar-refractivity contribution in [2.45, 2.75) is 11.5 Å². The molecule has 1 aromatic carbocycles. The largest absolute Gasteiger partial charge is 0.497 e. The van der Waals surface area contributed by atoms with Gasteiger partial charge in [-0.2, -0.15) is 0 Å². The zero-order chi connectivity index (χ0) is 14.5. The van der Waals surface area contributed by atoms with Gasteiger partial charge in [0.05, 0.1) is 24.8 Å². The van der Waals surface area contributed by atoms with Crippen molar-refractivity contribution in [3.05, 3.63) is 59.5 Å². The smallest absolute Gasteiger partial charge is 0.123 e. The Balaban J connectivity index is 1.60. The van der Waals surface area contributed by atoms with Crippen LogP contribution in [0.2, 0.25) is 0 Å². The fraction of sp³-hybridized carbons (Fsp3) is 0.188. The number of aromatic nitrogens is 1. The van der Waals surface area contributed by atoms with Crippen molar-refractivity contribution in [1.29, 1.82) is 0 Å². The standard InChI is InChI=1S/C16H15NO2S2/c1-18-14-6-4-12(5-7-14)16-17-13(10-21-16)9-20-11-15-3-2-8-19-15/h2-8,10H,9,11H2,1H3. The average molecular weight is 317 g/mol. The number of hydrogen-bond donors (Lipinski definition) is 0.